The molecular weight excluding hydrogens is 350 g/mol. The van der Waals surface area contributed by atoms with Gasteiger partial charge < -0.3 is 13.9 Å². The van der Waals surface area contributed by atoms with Crippen LogP contribution in [-0.2, 0) is 9.47 Å². The van der Waals surface area contributed by atoms with Crippen LogP contribution < -0.4 is 4.90 Å². The van der Waals surface area contributed by atoms with Gasteiger partial charge in [0.15, 0.2) is 5.69 Å². The Balaban J connectivity index is 1.87. The summed E-state index contributed by atoms with van der Waals surface area (Å²) in [5, 5.41) is 0. The number of hydrogen-bond acceptors (Lipinski definition) is 7. The van der Waals surface area contributed by atoms with Gasteiger partial charge in [0.05, 0.1) is 7.11 Å². The summed E-state index contributed by atoms with van der Waals surface area (Å²) >= 11 is 0. The zero-order valence-electron chi connectivity index (χ0n) is 15.9. The maximum absolute atomic E-state index is 12.7. The Morgan fingerprint density at radius 1 is 1.33 bits per heavy atom. The van der Waals surface area contributed by atoms with Gasteiger partial charge in [0.2, 0.25) is 5.89 Å². The molecule has 3 rings (SSSR count). The van der Waals surface area contributed by atoms with Gasteiger partial charge in [0.25, 0.3) is 0 Å². The largest absolute Gasteiger partial charge is 0.464 e. The lowest BCUT2D eigenvalue weighted by atomic mass is 10.2. The first kappa shape index (κ1) is 18.9. The first-order chi connectivity index (χ1) is 12.8. The molecule has 2 heterocycles. The van der Waals surface area contributed by atoms with Gasteiger partial charge in [0.1, 0.15) is 17.7 Å². The minimum atomic E-state index is -0.603. The van der Waals surface area contributed by atoms with Crippen LogP contribution in [0.2, 0.25) is 0 Å². The Hall–Kier alpha value is -2.90. The summed E-state index contributed by atoms with van der Waals surface area (Å²) in [6.07, 6.45) is 4.53. The van der Waals surface area contributed by atoms with Crippen molar-refractivity contribution in [2.75, 3.05) is 18.6 Å². The van der Waals surface area contributed by atoms with Crippen molar-refractivity contribution in [3.8, 4) is 11.5 Å². The van der Waals surface area contributed by atoms with Crippen molar-refractivity contribution in [3.63, 3.8) is 0 Å². The van der Waals surface area contributed by atoms with Crippen LogP contribution in [0.5, 0.6) is 0 Å². The third kappa shape index (κ3) is 4.84. The summed E-state index contributed by atoms with van der Waals surface area (Å²) in [4.78, 5) is 34.2. The molecule has 2 aromatic rings. The van der Waals surface area contributed by atoms with Crippen LogP contribution in [0.25, 0.3) is 11.5 Å². The van der Waals surface area contributed by atoms with Gasteiger partial charge in [-0.3, -0.25) is 4.90 Å². The second kappa shape index (κ2) is 7.38. The van der Waals surface area contributed by atoms with Gasteiger partial charge in [-0.15, -0.1) is 0 Å². The maximum Gasteiger partial charge on any atom is 0.416 e. The van der Waals surface area contributed by atoms with E-state index in [4.69, 9.17) is 9.15 Å². The van der Waals surface area contributed by atoms with Gasteiger partial charge in [0, 0.05) is 18.3 Å². The smallest absolute Gasteiger partial charge is 0.416 e. The Labute approximate surface area is 157 Å². The molecule has 1 amide bonds. The Morgan fingerprint density at radius 2 is 2.07 bits per heavy atom. The SMILES string of the molecule is COC(=O)c1coc(-c2ccnc(N(CC3CC3)C(=O)OC(C)(C)C)c2)n1. The zero-order valence-corrected chi connectivity index (χ0v) is 15.9. The normalized spacial score (nSPS) is 13.9. The van der Waals surface area contributed by atoms with E-state index >= 15 is 0 Å². The average Bonchev–Trinajstić information content (AvgIpc) is 3.30. The highest BCUT2D eigenvalue weighted by atomic mass is 16.6. The quantitative estimate of drug-likeness (QED) is 0.738. The number of methoxy groups -OCH3 is 1. The van der Waals surface area contributed by atoms with Crippen LogP contribution in [0.3, 0.4) is 0 Å². The van der Waals surface area contributed by atoms with E-state index in [9.17, 15) is 9.59 Å². The van der Waals surface area contributed by atoms with E-state index in [2.05, 4.69) is 14.7 Å². The summed E-state index contributed by atoms with van der Waals surface area (Å²) in [6, 6.07) is 3.39. The van der Waals surface area contributed by atoms with E-state index in [1.165, 1.54) is 18.3 Å². The molecule has 1 aliphatic rings. The number of nitrogens with zero attached hydrogens (tertiary/aromatic N) is 3. The van der Waals surface area contributed by atoms with Crippen LogP contribution in [0.4, 0.5) is 10.6 Å². The molecule has 8 nitrogen and oxygen atoms in total. The van der Waals surface area contributed by atoms with Crippen LogP contribution in [0.1, 0.15) is 44.1 Å². The highest BCUT2D eigenvalue weighted by Crippen LogP contribution is 2.32. The molecule has 27 heavy (non-hydrogen) atoms. The fraction of sp³-hybridized carbons (Fsp3) is 0.474. The lowest BCUT2D eigenvalue weighted by molar-refractivity contribution is 0.0573. The van der Waals surface area contributed by atoms with Crippen LogP contribution >= 0.6 is 0 Å². The Morgan fingerprint density at radius 3 is 2.70 bits per heavy atom. The molecule has 0 aromatic carbocycles. The third-order valence-corrected chi connectivity index (χ3v) is 3.92. The van der Waals surface area contributed by atoms with Crippen LogP contribution in [-0.4, -0.2) is 41.3 Å². The van der Waals surface area contributed by atoms with E-state index in [0.29, 0.717) is 23.8 Å². The van der Waals surface area contributed by atoms with Crippen molar-refractivity contribution in [2.45, 2.75) is 39.2 Å². The highest BCUT2D eigenvalue weighted by molar-refractivity contribution is 5.88. The van der Waals surface area contributed by atoms with Gasteiger partial charge in [-0.1, -0.05) is 0 Å². The molecule has 0 saturated heterocycles. The number of anilines is 1. The molecule has 2 aromatic heterocycles. The van der Waals surface area contributed by atoms with Gasteiger partial charge in [-0.2, -0.15) is 0 Å². The lowest BCUT2D eigenvalue weighted by Crippen LogP contribution is -2.38. The van der Waals surface area contributed by atoms with Crippen molar-refractivity contribution in [1.82, 2.24) is 9.97 Å². The van der Waals surface area contributed by atoms with E-state index in [1.807, 2.05) is 20.8 Å². The molecule has 144 valence electrons. The van der Waals surface area contributed by atoms with Gasteiger partial charge in [-0.05, 0) is 51.7 Å². The molecule has 0 spiro atoms. The summed E-state index contributed by atoms with van der Waals surface area (Å²) in [7, 11) is 1.28. The Kier molecular flexibility index (Phi) is 5.16. The van der Waals surface area contributed by atoms with Gasteiger partial charge in [-0.25, -0.2) is 19.6 Å². The number of oxazole rings is 1. The highest BCUT2D eigenvalue weighted by Gasteiger charge is 2.31. The third-order valence-electron chi connectivity index (χ3n) is 3.92. The standard InChI is InChI=1S/C19H23N3O5/c1-19(2,3)27-18(24)22(10-12-5-6-12)15-9-13(7-8-20-15)16-21-14(11-26-16)17(23)25-4/h7-9,11-12H,5-6,10H2,1-4H3. The molecule has 1 aliphatic carbocycles. The monoisotopic (exact) mass is 373 g/mol. The fourth-order valence-corrected chi connectivity index (χ4v) is 2.44. The summed E-state index contributed by atoms with van der Waals surface area (Å²) in [5.41, 5.74) is 0.0708. The number of carbonyl (C=O) groups excluding carboxylic acids is 2. The van der Waals surface area contributed by atoms with Crippen molar-refractivity contribution in [3.05, 3.63) is 30.3 Å². The van der Waals surface area contributed by atoms with Gasteiger partial charge >= 0.3 is 12.1 Å². The summed E-state index contributed by atoms with van der Waals surface area (Å²) in [5.74, 6) is 0.570. The number of ether oxygens (including phenoxy) is 2. The molecule has 8 heteroatoms. The van der Waals surface area contributed by atoms with Crippen molar-refractivity contribution >= 4 is 17.9 Å². The number of pyridine rings is 1. The molecule has 0 atom stereocenters. The minimum absolute atomic E-state index is 0.0767. The molecule has 0 N–H and O–H groups in total. The van der Waals surface area contributed by atoms with Crippen molar-refractivity contribution in [2.24, 2.45) is 5.92 Å². The number of amides is 1. The number of rotatable bonds is 5. The maximum atomic E-state index is 12.7. The molecule has 0 unspecified atom stereocenters. The number of carbonyl (C=O) groups is 2. The average molecular weight is 373 g/mol. The molecular formula is C19H23N3O5. The molecule has 1 fully saturated rings. The summed E-state index contributed by atoms with van der Waals surface area (Å²) < 4.78 is 15.5. The van der Waals surface area contributed by atoms with E-state index in [0.717, 1.165) is 12.8 Å². The first-order valence-electron chi connectivity index (χ1n) is 8.77. The second-order valence-electron chi connectivity index (χ2n) is 7.47. The molecule has 0 aliphatic heterocycles. The van der Waals surface area contributed by atoms with E-state index in [1.54, 1.807) is 18.3 Å². The Bertz CT molecular complexity index is 836. The topological polar surface area (TPSA) is 94.8 Å². The molecule has 0 bridgehead atoms. The number of hydrogen-bond donors (Lipinski definition) is 0. The van der Waals surface area contributed by atoms with Crippen molar-refractivity contribution < 1.29 is 23.5 Å². The predicted molar refractivity (Wildman–Crippen MR) is 97.4 cm³/mol. The first-order valence-corrected chi connectivity index (χ1v) is 8.77. The lowest BCUT2D eigenvalue weighted by Gasteiger charge is -2.27. The second-order valence-corrected chi connectivity index (χ2v) is 7.47. The van der Waals surface area contributed by atoms with Crippen LogP contribution in [0.15, 0.2) is 29.0 Å². The molecule has 0 radical (unpaired) electrons. The molecule has 1 saturated carbocycles. The van der Waals surface area contributed by atoms with Crippen molar-refractivity contribution in [1.29, 1.82) is 0 Å². The van der Waals surface area contributed by atoms with E-state index < -0.39 is 17.7 Å². The van der Waals surface area contributed by atoms with E-state index in [-0.39, 0.29) is 11.6 Å². The number of esters is 1. The number of aromatic nitrogens is 2. The van der Waals surface area contributed by atoms with Crippen LogP contribution in [0, 0.1) is 5.92 Å². The minimum Gasteiger partial charge on any atom is -0.464 e. The zero-order chi connectivity index (χ0) is 19.6. The summed E-state index contributed by atoms with van der Waals surface area (Å²) in [6.45, 7) is 6.02. The predicted octanol–water partition coefficient (Wildman–Crippen LogP) is 3.67. The fourth-order valence-electron chi connectivity index (χ4n) is 2.44.